The Morgan fingerprint density at radius 2 is 1.78 bits per heavy atom. The molecule has 3 N–H and O–H groups in total. The molecule has 0 aliphatic heterocycles. The second-order valence-electron chi connectivity index (χ2n) is 7.03. The van der Waals surface area contributed by atoms with Gasteiger partial charge >= 0.3 is 12.0 Å². The van der Waals surface area contributed by atoms with Crippen LogP contribution >= 0.6 is 0 Å². The molecular weight excluding hydrogens is 418 g/mol. The van der Waals surface area contributed by atoms with Crippen molar-refractivity contribution in [2.45, 2.75) is 25.3 Å². The highest BCUT2D eigenvalue weighted by Gasteiger charge is 2.43. The molecule has 0 spiro atoms. The van der Waals surface area contributed by atoms with Crippen molar-refractivity contribution in [1.82, 2.24) is 0 Å². The largest absolute Gasteiger partial charge is 0.481 e. The van der Waals surface area contributed by atoms with Crippen molar-refractivity contribution in [3.05, 3.63) is 77.9 Å². The Morgan fingerprint density at radius 1 is 1.19 bits per heavy atom. The van der Waals surface area contributed by atoms with Crippen LogP contribution in [0.1, 0.15) is 30.9 Å². The number of anilines is 1. The van der Waals surface area contributed by atoms with E-state index >= 15 is 8.78 Å². The lowest BCUT2D eigenvalue weighted by atomic mass is 9.89. The first-order valence-corrected chi connectivity index (χ1v) is 9.80. The van der Waals surface area contributed by atoms with E-state index in [0.717, 1.165) is 12.1 Å². The first kappa shape index (κ1) is 24.6. The van der Waals surface area contributed by atoms with Crippen molar-refractivity contribution in [2.24, 2.45) is 5.73 Å². The van der Waals surface area contributed by atoms with E-state index in [1.165, 1.54) is 6.08 Å². The van der Waals surface area contributed by atoms with Crippen LogP contribution < -0.4 is 10.6 Å². The third kappa shape index (κ3) is 5.93. The Labute approximate surface area is 185 Å². The summed E-state index contributed by atoms with van der Waals surface area (Å²) in [5.41, 5.74) is 3.79. The number of aliphatic carboxylic acids is 1. The van der Waals surface area contributed by atoms with Crippen LogP contribution in [-0.2, 0) is 9.53 Å². The SMILES string of the molecule is C=CCOCC(CC)(CC(=O)O)N(C(N)=O)c1c(F)cc(C#Cc2ccccc2)cc1F. The van der Waals surface area contributed by atoms with E-state index < -0.39 is 41.3 Å². The van der Waals surface area contributed by atoms with Gasteiger partial charge in [0.2, 0.25) is 0 Å². The van der Waals surface area contributed by atoms with Crippen molar-refractivity contribution in [3.8, 4) is 11.8 Å². The second-order valence-corrected chi connectivity index (χ2v) is 7.03. The number of ether oxygens (including phenoxy) is 1. The molecule has 32 heavy (non-hydrogen) atoms. The van der Waals surface area contributed by atoms with E-state index in [1.807, 2.05) is 6.07 Å². The highest BCUT2D eigenvalue weighted by atomic mass is 19.1. The maximum atomic E-state index is 15.1. The summed E-state index contributed by atoms with van der Waals surface area (Å²) in [6.07, 6.45) is 0.795. The van der Waals surface area contributed by atoms with Gasteiger partial charge in [-0.25, -0.2) is 13.6 Å². The maximum Gasteiger partial charge on any atom is 0.320 e. The lowest BCUT2D eigenvalue weighted by Gasteiger charge is -2.41. The highest BCUT2D eigenvalue weighted by molar-refractivity contribution is 5.93. The second kappa shape index (κ2) is 11.1. The number of hydrogen-bond donors (Lipinski definition) is 2. The average molecular weight is 442 g/mol. The van der Waals surface area contributed by atoms with Crippen LogP contribution in [0, 0.1) is 23.5 Å². The molecule has 2 aromatic carbocycles. The van der Waals surface area contributed by atoms with E-state index in [0.29, 0.717) is 10.5 Å². The van der Waals surface area contributed by atoms with Gasteiger partial charge in [0.05, 0.1) is 25.2 Å². The summed E-state index contributed by atoms with van der Waals surface area (Å²) in [7, 11) is 0. The quantitative estimate of drug-likeness (QED) is 0.348. The lowest BCUT2D eigenvalue weighted by Crippen LogP contribution is -2.58. The molecule has 0 aliphatic rings. The zero-order valence-electron chi connectivity index (χ0n) is 17.6. The van der Waals surface area contributed by atoms with Crippen molar-refractivity contribution >= 4 is 17.7 Å². The summed E-state index contributed by atoms with van der Waals surface area (Å²) >= 11 is 0. The van der Waals surface area contributed by atoms with Crippen molar-refractivity contribution in [1.29, 1.82) is 0 Å². The monoisotopic (exact) mass is 442 g/mol. The fourth-order valence-electron chi connectivity index (χ4n) is 3.29. The number of nitrogens with zero attached hydrogens (tertiary/aromatic N) is 1. The fraction of sp³-hybridized carbons (Fsp3) is 0.250. The molecule has 0 fully saturated rings. The maximum absolute atomic E-state index is 15.1. The molecule has 168 valence electrons. The van der Waals surface area contributed by atoms with E-state index in [2.05, 4.69) is 18.4 Å². The van der Waals surface area contributed by atoms with Gasteiger partial charge in [-0.1, -0.05) is 43.0 Å². The van der Waals surface area contributed by atoms with E-state index in [-0.39, 0.29) is 25.2 Å². The number of benzene rings is 2. The van der Waals surface area contributed by atoms with Crippen molar-refractivity contribution in [3.63, 3.8) is 0 Å². The molecule has 0 heterocycles. The number of rotatable bonds is 9. The smallest absolute Gasteiger partial charge is 0.320 e. The molecule has 2 amide bonds. The van der Waals surface area contributed by atoms with E-state index in [9.17, 15) is 14.7 Å². The van der Waals surface area contributed by atoms with Gasteiger partial charge in [-0.15, -0.1) is 6.58 Å². The number of carboxylic acids is 1. The van der Waals surface area contributed by atoms with E-state index in [1.54, 1.807) is 31.2 Å². The predicted octanol–water partition coefficient (Wildman–Crippen LogP) is 4.08. The summed E-state index contributed by atoms with van der Waals surface area (Å²) in [5, 5.41) is 9.41. The molecule has 0 saturated heterocycles. The molecule has 2 aromatic rings. The Bertz CT molecular complexity index is 1020. The topological polar surface area (TPSA) is 92.9 Å². The van der Waals surface area contributed by atoms with Crippen LogP contribution in [0.5, 0.6) is 0 Å². The van der Waals surface area contributed by atoms with Gasteiger partial charge in [0, 0.05) is 11.1 Å². The van der Waals surface area contributed by atoms with Gasteiger partial charge < -0.3 is 15.6 Å². The van der Waals surface area contributed by atoms with Gasteiger partial charge in [-0.05, 0) is 30.7 Å². The Morgan fingerprint density at radius 3 is 2.28 bits per heavy atom. The van der Waals surface area contributed by atoms with Crippen LogP contribution in [0.25, 0.3) is 0 Å². The molecule has 2 rings (SSSR count). The number of nitrogens with two attached hydrogens (primary N) is 1. The Balaban J connectivity index is 2.55. The number of urea groups is 1. The van der Waals surface area contributed by atoms with Crippen LogP contribution in [0.4, 0.5) is 19.3 Å². The van der Waals surface area contributed by atoms with Gasteiger partial charge in [0.1, 0.15) is 5.69 Å². The number of carbonyl (C=O) groups is 2. The molecule has 0 aliphatic carbocycles. The van der Waals surface area contributed by atoms with Crippen molar-refractivity contribution < 1.29 is 28.2 Å². The fourth-order valence-corrected chi connectivity index (χ4v) is 3.29. The zero-order valence-corrected chi connectivity index (χ0v) is 17.6. The first-order chi connectivity index (χ1) is 15.2. The molecular formula is C24H24F2N2O4. The summed E-state index contributed by atoms with van der Waals surface area (Å²) in [4.78, 5) is 24.5. The third-order valence-electron chi connectivity index (χ3n) is 4.81. The molecule has 0 bridgehead atoms. The van der Waals surface area contributed by atoms with Crippen LogP contribution in [0.15, 0.2) is 55.1 Å². The molecule has 1 atom stereocenters. The zero-order chi connectivity index (χ0) is 23.7. The standard InChI is InChI=1S/C24H24F2N2O4/c1-3-12-32-16-24(4-2,15-21(29)30)28(23(27)31)22-19(25)13-18(14-20(22)26)11-10-17-8-6-5-7-9-17/h3,5-9,13-14H,1,4,12,15-16H2,2H3,(H2,27,31)(H,29,30). The summed E-state index contributed by atoms with van der Waals surface area (Å²) in [5.74, 6) is 1.97. The van der Waals surface area contributed by atoms with Crippen LogP contribution in [0.3, 0.4) is 0 Å². The number of halogens is 2. The van der Waals surface area contributed by atoms with Crippen molar-refractivity contribution in [2.75, 3.05) is 18.1 Å². The van der Waals surface area contributed by atoms with E-state index in [4.69, 9.17) is 10.5 Å². The molecule has 6 nitrogen and oxygen atoms in total. The first-order valence-electron chi connectivity index (χ1n) is 9.80. The molecule has 0 aromatic heterocycles. The molecule has 8 heteroatoms. The third-order valence-corrected chi connectivity index (χ3v) is 4.81. The molecule has 1 unspecified atom stereocenters. The normalized spacial score (nSPS) is 12.2. The Hall–Kier alpha value is -3.70. The number of amides is 2. The van der Waals surface area contributed by atoms with Gasteiger partial charge in [-0.2, -0.15) is 0 Å². The minimum atomic E-state index is -1.63. The Kier molecular flexibility index (Phi) is 8.50. The van der Waals surface area contributed by atoms with Crippen LogP contribution in [0.2, 0.25) is 0 Å². The molecule has 0 saturated carbocycles. The number of hydrogen-bond acceptors (Lipinski definition) is 3. The van der Waals surface area contributed by atoms with Gasteiger partial charge in [-0.3, -0.25) is 9.69 Å². The average Bonchev–Trinajstić information content (AvgIpc) is 2.74. The summed E-state index contributed by atoms with van der Waals surface area (Å²) < 4.78 is 35.5. The minimum absolute atomic E-state index is 0.00776. The number of primary amides is 1. The summed E-state index contributed by atoms with van der Waals surface area (Å²) in [6, 6.07) is 9.58. The predicted molar refractivity (Wildman–Crippen MR) is 117 cm³/mol. The lowest BCUT2D eigenvalue weighted by molar-refractivity contribution is -0.139. The minimum Gasteiger partial charge on any atom is -0.481 e. The molecule has 0 radical (unpaired) electrons. The highest BCUT2D eigenvalue weighted by Crippen LogP contribution is 2.35. The number of carbonyl (C=O) groups excluding carboxylic acids is 1. The van der Waals surface area contributed by atoms with Gasteiger partial charge in [0.15, 0.2) is 11.6 Å². The van der Waals surface area contributed by atoms with Gasteiger partial charge in [0.25, 0.3) is 0 Å². The summed E-state index contributed by atoms with van der Waals surface area (Å²) in [6.45, 7) is 4.81. The van der Waals surface area contributed by atoms with Crippen LogP contribution in [-0.4, -0.2) is 35.9 Å². The number of carboxylic acid groups (broad SMARTS) is 1.